The van der Waals surface area contributed by atoms with Crippen LogP contribution in [-0.2, 0) is 6.42 Å². The summed E-state index contributed by atoms with van der Waals surface area (Å²) in [7, 11) is 1.96. The van der Waals surface area contributed by atoms with Crippen LogP contribution >= 0.6 is 0 Å². The largest absolute Gasteiger partial charge is 0.388 e. The van der Waals surface area contributed by atoms with E-state index >= 15 is 0 Å². The van der Waals surface area contributed by atoms with Crippen molar-refractivity contribution in [1.82, 2.24) is 0 Å². The van der Waals surface area contributed by atoms with Crippen molar-refractivity contribution in [2.75, 3.05) is 12.4 Å². The average molecular weight is 184 g/mol. The van der Waals surface area contributed by atoms with E-state index in [1.807, 2.05) is 7.05 Å². The van der Waals surface area contributed by atoms with Gasteiger partial charge in [0.05, 0.1) is 0 Å². The summed E-state index contributed by atoms with van der Waals surface area (Å²) in [6.45, 7) is 2.15. The van der Waals surface area contributed by atoms with Crippen molar-refractivity contribution in [2.45, 2.75) is 13.3 Å². The van der Waals surface area contributed by atoms with Crippen molar-refractivity contribution < 1.29 is 0 Å². The fourth-order valence-corrected chi connectivity index (χ4v) is 1.69. The molecule has 14 heavy (non-hydrogen) atoms. The summed E-state index contributed by atoms with van der Waals surface area (Å²) in [5, 5.41) is 5.66. The van der Waals surface area contributed by atoms with E-state index in [0.29, 0.717) is 0 Å². The zero-order valence-corrected chi connectivity index (χ0v) is 8.59. The molecule has 2 rings (SSSR count). The smallest absolute Gasteiger partial charge is 0.0420 e. The molecule has 0 aliphatic rings. The van der Waals surface area contributed by atoms with Crippen LogP contribution in [0.1, 0.15) is 12.5 Å². The minimum Gasteiger partial charge on any atom is -0.388 e. The maximum atomic E-state index is 3.41. The van der Waals surface area contributed by atoms with Gasteiger partial charge in [0.2, 0.25) is 0 Å². The molecule has 0 aliphatic heterocycles. The summed E-state index contributed by atoms with van der Waals surface area (Å²) in [6, 6.07) is 13.9. The Balaban J connectivity index is 2.73. The van der Waals surface area contributed by atoms with Crippen LogP contribution in [0.15, 0.2) is 30.3 Å². The highest BCUT2D eigenvalue weighted by Gasteiger charge is 2.01. The van der Waals surface area contributed by atoms with Gasteiger partial charge in [0, 0.05) is 18.1 Å². The second-order valence-electron chi connectivity index (χ2n) is 3.36. The molecule has 1 N–H and O–H groups in total. The molecule has 71 valence electrons. The Hall–Kier alpha value is -1.50. The summed E-state index contributed by atoms with van der Waals surface area (Å²) in [5.41, 5.74) is 2.45. The molecule has 2 aromatic carbocycles. The molecule has 0 fully saturated rings. The summed E-state index contributed by atoms with van der Waals surface area (Å²) in [4.78, 5) is 0. The number of anilines is 1. The lowest BCUT2D eigenvalue weighted by atomic mass is 10.0. The van der Waals surface area contributed by atoms with Crippen molar-refractivity contribution in [3.63, 3.8) is 0 Å². The van der Waals surface area contributed by atoms with Crippen molar-refractivity contribution in [1.29, 1.82) is 0 Å². The molecule has 0 aliphatic carbocycles. The van der Waals surface area contributed by atoms with E-state index in [1.165, 1.54) is 22.0 Å². The maximum absolute atomic E-state index is 3.41. The molecule has 1 nitrogen and oxygen atoms in total. The Morgan fingerprint density at radius 2 is 2.07 bits per heavy atom. The fraction of sp³-hybridized carbons (Fsp3) is 0.231. The fourth-order valence-electron chi connectivity index (χ4n) is 1.69. The molecule has 0 heterocycles. The van der Waals surface area contributed by atoms with Gasteiger partial charge >= 0.3 is 0 Å². The predicted molar refractivity (Wildman–Crippen MR) is 61.7 cm³/mol. The second-order valence-corrected chi connectivity index (χ2v) is 3.36. The van der Waals surface area contributed by atoms with Gasteiger partial charge in [-0.2, -0.15) is 0 Å². The number of hydrogen-bond acceptors (Lipinski definition) is 1. The highest BCUT2D eigenvalue weighted by atomic mass is 14.8. The van der Waals surface area contributed by atoms with Crippen molar-refractivity contribution in [2.24, 2.45) is 0 Å². The van der Waals surface area contributed by atoms with Crippen LogP contribution in [0.5, 0.6) is 0 Å². The molecule has 0 aromatic heterocycles. The SMILES string of the molecule is CCc1[c]c2ccccc2c(NC)c1. The van der Waals surface area contributed by atoms with Crippen LogP contribution in [0.3, 0.4) is 0 Å². The van der Waals surface area contributed by atoms with Crippen LogP contribution in [0.2, 0.25) is 0 Å². The lowest BCUT2D eigenvalue weighted by Crippen LogP contribution is -1.92. The molecule has 0 saturated carbocycles. The summed E-state index contributed by atoms with van der Waals surface area (Å²) >= 11 is 0. The minimum absolute atomic E-state index is 1.03. The van der Waals surface area contributed by atoms with E-state index in [2.05, 4.69) is 48.6 Å². The van der Waals surface area contributed by atoms with Crippen LogP contribution in [-0.4, -0.2) is 7.05 Å². The number of aryl methyl sites for hydroxylation is 1. The summed E-state index contributed by atoms with van der Waals surface area (Å²) in [6.07, 6.45) is 1.03. The van der Waals surface area contributed by atoms with Gasteiger partial charge in [0.15, 0.2) is 0 Å². The quantitative estimate of drug-likeness (QED) is 0.755. The first-order valence-electron chi connectivity index (χ1n) is 4.97. The zero-order valence-electron chi connectivity index (χ0n) is 8.59. The zero-order chi connectivity index (χ0) is 9.97. The molecular weight excluding hydrogens is 170 g/mol. The third-order valence-corrected chi connectivity index (χ3v) is 2.48. The second kappa shape index (κ2) is 3.70. The van der Waals surface area contributed by atoms with E-state index in [-0.39, 0.29) is 0 Å². The van der Waals surface area contributed by atoms with Gasteiger partial charge in [0.25, 0.3) is 0 Å². The van der Waals surface area contributed by atoms with Gasteiger partial charge in [-0.15, -0.1) is 0 Å². The molecule has 1 heteroatoms. The summed E-state index contributed by atoms with van der Waals surface area (Å²) < 4.78 is 0. The molecule has 0 atom stereocenters. The number of nitrogens with one attached hydrogen (secondary N) is 1. The Kier molecular flexibility index (Phi) is 2.40. The first-order valence-corrected chi connectivity index (χ1v) is 4.97. The number of rotatable bonds is 2. The first kappa shape index (κ1) is 9.07. The molecule has 0 amide bonds. The molecule has 0 spiro atoms. The average Bonchev–Trinajstić information content (AvgIpc) is 2.27. The maximum Gasteiger partial charge on any atom is 0.0420 e. The standard InChI is InChI=1S/C13H14N/c1-3-10-8-11-6-4-5-7-12(11)13(9-10)14-2/h4-7,9,14H,3H2,1-2H3. The number of benzene rings is 2. The van der Waals surface area contributed by atoms with Gasteiger partial charge in [0.1, 0.15) is 0 Å². The Bertz CT molecular complexity index is 446. The van der Waals surface area contributed by atoms with Crippen molar-refractivity contribution in [3.8, 4) is 0 Å². The third-order valence-electron chi connectivity index (χ3n) is 2.48. The Morgan fingerprint density at radius 1 is 1.29 bits per heavy atom. The lowest BCUT2D eigenvalue weighted by molar-refractivity contribution is 1.14. The molecule has 0 bridgehead atoms. The van der Waals surface area contributed by atoms with Gasteiger partial charge in [-0.1, -0.05) is 31.2 Å². The van der Waals surface area contributed by atoms with Crippen LogP contribution in [0.25, 0.3) is 10.8 Å². The van der Waals surface area contributed by atoms with Crippen molar-refractivity contribution >= 4 is 16.5 Å². The van der Waals surface area contributed by atoms with E-state index in [0.717, 1.165) is 6.42 Å². The normalized spacial score (nSPS) is 10.4. The third kappa shape index (κ3) is 1.46. The van der Waals surface area contributed by atoms with Crippen molar-refractivity contribution in [3.05, 3.63) is 42.0 Å². The summed E-state index contributed by atoms with van der Waals surface area (Å²) in [5.74, 6) is 0. The van der Waals surface area contributed by atoms with Gasteiger partial charge in [-0.25, -0.2) is 0 Å². The minimum atomic E-state index is 1.03. The van der Waals surface area contributed by atoms with Gasteiger partial charge in [-0.3, -0.25) is 0 Å². The molecule has 0 unspecified atom stereocenters. The molecule has 2 aromatic rings. The van der Waals surface area contributed by atoms with Crippen LogP contribution < -0.4 is 5.32 Å². The highest BCUT2D eigenvalue weighted by molar-refractivity contribution is 5.94. The number of fused-ring (bicyclic) bond motifs is 1. The van der Waals surface area contributed by atoms with Crippen LogP contribution in [0.4, 0.5) is 5.69 Å². The van der Waals surface area contributed by atoms with Gasteiger partial charge < -0.3 is 5.32 Å². The van der Waals surface area contributed by atoms with E-state index in [9.17, 15) is 0 Å². The molecular formula is C13H14N. The lowest BCUT2D eigenvalue weighted by Gasteiger charge is -2.07. The van der Waals surface area contributed by atoms with E-state index < -0.39 is 0 Å². The molecule has 0 saturated heterocycles. The predicted octanol–water partition coefficient (Wildman–Crippen LogP) is 3.24. The first-order chi connectivity index (χ1) is 6.85. The van der Waals surface area contributed by atoms with E-state index in [1.54, 1.807) is 0 Å². The topological polar surface area (TPSA) is 12.0 Å². The van der Waals surface area contributed by atoms with E-state index in [4.69, 9.17) is 0 Å². The monoisotopic (exact) mass is 184 g/mol. The Labute approximate surface area is 84.8 Å². The van der Waals surface area contributed by atoms with Crippen LogP contribution in [0, 0.1) is 6.07 Å². The Morgan fingerprint density at radius 3 is 2.79 bits per heavy atom. The number of hydrogen-bond donors (Lipinski definition) is 1. The highest BCUT2D eigenvalue weighted by Crippen LogP contribution is 2.24. The van der Waals surface area contributed by atoms with Gasteiger partial charge in [-0.05, 0) is 29.5 Å². The molecule has 1 radical (unpaired) electrons.